The van der Waals surface area contributed by atoms with Gasteiger partial charge in [0.15, 0.2) is 0 Å². The summed E-state index contributed by atoms with van der Waals surface area (Å²) in [5.41, 5.74) is -0.638. The third-order valence-electron chi connectivity index (χ3n) is 3.56. The molecular weight excluding hydrogens is 218 g/mol. The normalized spacial score (nSPS) is 25.6. The largest absolute Gasteiger partial charge is 0.480 e. The standard InChI is InChI=1S/C13H25NO3/c1-4-13(12(15)16)6-5-7-14(13)8-9-17-10-11(2)3/h11H,4-10H2,1-3H3,(H,15,16). The van der Waals surface area contributed by atoms with Crippen LogP contribution in [0.2, 0.25) is 0 Å². The zero-order valence-corrected chi connectivity index (χ0v) is 11.2. The molecule has 1 fully saturated rings. The van der Waals surface area contributed by atoms with Gasteiger partial charge in [0.2, 0.25) is 0 Å². The van der Waals surface area contributed by atoms with Crippen molar-refractivity contribution in [1.82, 2.24) is 4.90 Å². The van der Waals surface area contributed by atoms with Gasteiger partial charge in [-0.3, -0.25) is 9.69 Å². The van der Waals surface area contributed by atoms with E-state index >= 15 is 0 Å². The highest BCUT2D eigenvalue weighted by Crippen LogP contribution is 2.32. The van der Waals surface area contributed by atoms with E-state index in [9.17, 15) is 9.90 Å². The summed E-state index contributed by atoms with van der Waals surface area (Å²) in [4.78, 5) is 13.5. The number of carboxylic acids is 1. The molecule has 1 atom stereocenters. The molecule has 0 aliphatic carbocycles. The molecule has 0 aromatic carbocycles. The number of likely N-dealkylation sites (tertiary alicyclic amines) is 1. The van der Waals surface area contributed by atoms with Crippen LogP contribution < -0.4 is 0 Å². The number of ether oxygens (including phenoxy) is 1. The molecule has 0 saturated carbocycles. The SMILES string of the molecule is CCC1(C(=O)O)CCCN1CCOCC(C)C. The van der Waals surface area contributed by atoms with Crippen LogP contribution in [0.25, 0.3) is 0 Å². The van der Waals surface area contributed by atoms with Crippen molar-refractivity contribution in [3.8, 4) is 0 Å². The van der Waals surface area contributed by atoms with Gasteiger partial charge >= 0.3 is 5.97 Å². The molecule has 1 rings (SSSR count). The lowest BCUT2D eigenvalue weighted by atomic mass is 9.93. The number of hydrogen-bond donors (Lipinski definition) is 1. The molecular formula is C13H25NO3. The lowest BCUT2D eigenvalue weighted by Gasteiger charge is -2.33. The van der Waals surface area contributed by atoms with E-state index in [1.165, 1.54) is 0 Å². The minimum atomic E-state index is -0.679. The van der Waals surface area contributed by atoms with Gasteiger partial charge < -0.3 is 9.84 Å². The summed E-state index contributed by atoms with van der Waals surface area (Å²) in [5.74, 6) is -0.148. The van der Waals surface area contributed by atoms with Crippen LogP contribution in [-0.4, -0.2) is 47.8 Å². The van der Waals surface area contributed by atoms with E-state index in [1.54, 1.807) is 0 Å². The molecule has 1 aliphatic rings. The highest BCUT2D eigenvalue weighted by molar-refractivity contribution is 5.79. The van der Waals surface area contributed by atoms with Crippen LogP contribution >= 0.6 is 0 Å². The lowest BCUT2D eigenvalue weighted by molar-refractivity contribution is -0.150. The third-order valence-corrected chi connectivity index (χ3v) is 3.56. The predicted octanol–water partition coefficient (Wildman–Crippen LogP) is 1.99. The minimum absolute atomic E-state index is 0.531. The second-order valence-corrected chi connectivity index (χ2v) is 5.25. The number of nitrogens with zero attached hydrogens (tertiary/aromatic N) is 1. The Morgan fingerprint density at radius 2 is 2.24 bits per heavy atom. The van der Waals surface area contributed by atoms with Crippen LogP contribution in [-0.2, 0) is 9.53 Å². The molecule has 0 amide bonds. The first-order chi connectivity index (χ1) is 8.03. The van der Waals surface area contributed by atoms with Crippen LogP contribution in [0.15, 0.2) is 0 Å². The van der Waals surface area contributed by atoms with Crippen molar-refractivity contribution < 1.29 is 14.6 Å². The maximum atomic E-state index is 11.4. The van der Waals surface area contributed by atoms with E-state index in [0.717, 1.165) is 32.5 Å². The van der Waals surface area contributed by atoms with E-state index in [4.69, 9.17) is 4.74 Å². The molecule has 4 nitrogen and oxygen atoms in total. The van der Waals surface area contributed by atoms with Crippen LogP contribution in [0, 0.1) is 5.92 Å². The van der Waals surface area contributed by atoms with Gasteiger partial charge in [-0.1, -0.05) is 20.8 Å². The fourth-order valence-electron chi connectivity index (χ4n) is 2.55. The fraction of sp³-hybridized carbons (Fsp3) is 0.923. The van der Waals surface area contributed by atoms with Crippen LogP contribution in [0.5, 0.6) is 0 Å². The molecule has 1 N–H and O–H groups in total. The Morgan fingerprint density at radius 1 is 1.53 bits per heavy atom. The van der Waals surface area contributed by atoms with Gasteiger partial charge in [-0.15, -0.1) is 0 Å². The Morgan fingerprint density at radius 3 is 2.76 bits per heavy atom. The van der Waals surface area contributed by atoms with Crippen molar-refractivity contribution in [3.05, 3.63) is 0 Å². The van der Waals surface area contributed by atoms with Crippen LogP contribution in [0.1, 0.15) is 40.0 Å². The minimum Gasteiger partial charge on any atom is -0.480 e. The number of carboxylic acid groups (broad SMARTS) is 1. The van der Waals surface area contributed by atoms with Gasteiger partial charge in [-0.2, -0.15) is 0 Å². The summed E-state index contributed by atoms with van der Waals surface area (Å²) in [6.45, 7) is 9.18. The Balaban J connectivity index is 2.43. The first-order valence-electron chi connectivity index (χ1n) is 6.59. The average molecular weight is 243 g/mol. The Kier molecular flexibility index (Phi) is 5.40. The van der Waals surface area contributed by atoms with Gasteiger partial charge in [0.1, 0.15) is 5.54 Å². The molecule has 1 unspecified atom stereocenters. The van der Waals surface area contributed by atoms with Crippen molar-refractivity contribution in [2.45, 2.75) is 45.6 Å². The predicted molar refractivity (Wildman–Crippen MR) is 67.1 cm³/mol. The Labute approximate surface area is 104 Å². The summed E-state index contributed by atoms with van der Waals surface area (Å²) in [7, 11) is 0. The van der Waals surface area contributed by atoms with Crippen molar-refractivity contribution in [1.29, 1.82) is 0 Å². The van der Waals surface area contributed by atoms with Gasteiger partial charge in [0, 0.05) is 13.2 Å². The number of hydrogen-bond acceptors (Lipinski definition) is 3. The smallest absolute Gasteiger partial charge is 0.324 e. The lowest BCUT2D eigenvalue weighted by Crippen LogP contribution is -2.51. The van der Waals surface area contributed by atoms with Crippen molar-refractivity contribution >= 4 is 5.97 Å². The second kappa shape index (κ2) is 6.36. The summed E-state index contributed by atoms with van der Waals surface area (Å²) >= 11 is 0. The van der Waals surface area contributed by atoms with E-state index in [-0.39, 0.29) is 0 Å². The molecule has 4 heteroatoms. The Bertz CT molecular complexity index is 255. The molecule has 100 valence electrons. The summed E-state index contributed by atoms with van der Waals surface area (Å²) < 4.78 is 5.54. The first-order valence-corrected chi connectivity index (χ1v) is 6.59. The van der Waals surface area contributed by atoms with Crippen LogP contribution in [0.3, 0.4) is 0 Å². The molecule has 0 aromatic rings. The number of aliphatic carboxylic acids is 1. The molecule has 17 heavy (non-hydrogen) atoms. The molecule has 0 spiro atoms. The van der Waals surface area contributed by atoms with Gasteiger partial charge in [-0.05, 0) is 31.7 Å². The molecule has 0 aromatic heterocycles. The maximum Gasteiger partial charge on any atom is 0.324 e. The van der Waals surface area contributed by atoms with E-state index in [0.29, 0.717) is 18.9 Å². The van der Waals surface area contributed by atoms with Gasteiger partial charge in [0.05, 0.1) is 6.61 Å². The van der Waals surface area contributed by atoms with Gasteiger partial charge in [-0.25, -0.2) is 0 Å². The topological polar surface area (TPSA) is 49.8 Å². The highest BCUT2D eigenvalue weighted by atomic mass is 16.5. The summed E-state index contributed by atoms with van der Waals surface area (Å²) in [5, 5.41) is 9.40. The third kappa shape index (κ3) is 3.42. The summed E-state index contributed by atoms with van der Waals surface area (Å²) in [6.07, 6.45) is 2.42. The monoisotopic (exact) mass is 243 g/mol. The second-order valence-electron chi connectivity index (χ2n) is 5.25. The molecule has 0 bridgehead atoms. The van der Waals surface area contributed by atoms with Crippen molar-refractivity contribution in [3.63, 3.8) is 0 Å². The number of carbonyl (C=O) groups is 1. The summed E-state index contributed by atoms with van der Waals surface area (Å²) in [6, 6.07) is 0. The quantitative estimate of drug-likeness (QED) is 0.695. The molecule has 1 aliphatic heterocycles. The zero-order valence-electron chi connectivity index (χ0n) is 11.2. The van der Waals surface area contributed by atoms with Crippen LogP contribution in [0.4, 0.5) is 0 Å². The average Bonchev–Trinajstić information content (AvgIpc) is 2.68. The van der Waals surface area contributed by atoms with Gasteiger partial charge in [0.25, 0.3) is 0 Å². The number of rotatable bonds is 7. The van der Waals surface area contributed by atoms with E-state index in [2.05, 4.69) is 18.7 Å². The van der Waals surface area contributed by atoms with Crippen molar-refractivity contribution in [2.24, 2.45) is 5.92 Å². The van der Waals surface area contributed by atoms with E-state index in [1.807, 2.05) is 6.92 Å². The first kappa shape index (κ1) is 14.5. The molecule has 1 heterocycles. The van der Waals surface area contributed by atoms with E-state index < -0.39 is 11.5 Å². The zero-order chi connectivity index (χ0) is 12.9. The highest BCUT2D eigenvalue weighted by Gasteiger charge is 2.45. The fourth-order valence-corrected chi connectivity index (χ4v) is 2.55. The molecule has 1 saturated heterocycles. The maximum absolute atomic E-state index is 11.4. The molecule has 0 radical (unpaired) electrons. The van der Waals surface area contributed by atoms with Crippen molar-refractivity contribution in [2.75, 3.05) is 26.3 Å². The Hall–Kier alpha value is -0.610.